The van der Waals surface area contributed by atoms with Gasteiger partial charge < -0.3 is 10.1 Å². The Balaban J connectivity index is 1.74. The van der Waals surface area contributed by atoms with Crippen LogP contribution in [0.3, 0.4) is 0 Å². The van der Waals surface area contributed by atoms with Gasteiger partial charge in [0.15, 0.2) is 0 Å². The van der Waals surface area contributed by atoms with Crippen LogP contribution in [0, 0.1) is 0 Å². The van der Waals surface area contributed by atoms with E-state index in [2.05, 4.69) is 12.2 Å². The SMILES string of the molecule is CCCNC1CCCC(S(=O)CC2CCCO2)C1. The summed E-state index contributed by atoms with van der Waals surface area (Å²) in [6.07, 6.45) is 8.43. The highest BCUT2D eigenvalue weighted by Crippen LogP contribution is 2.24. The third kappa shape index (κ3) is 4.32. The van der Waals surface area contributed by atoms with E-state index in [0.29, 0.717) is 11.3 Å². The Kier molecular flexibility index (Phi) is 6.12. The molecule has 0 amide bonds. The minimum Gasteiger partial charge on any atom is -0.377 e. The second-order valence-electron chi connectivity index (χ2n) is 5.62. The van der Waals surface area contributed by atoms with Crippen molar-refractivity contribution in [1.82, 2.24) is 5.32 Å². The van der Waals surface area contributed by atoms with E-state index >= 15 is 0 Å². The Labute approximate surface area is 114 Å². The summed E-state index contributed by atoms with van der Waals surface area (Å²) in [4.78, 5) is 0. The molecular formula is C14H27NO2S. The molecule has 0 bridgehead atoms. The zero-order valence-electron chi connectivity index (χ0n) is 11.5. The number of nitrogens with one attached hydrogen (secondary N) is 1. The molecular weight excluding hydrogens is 246 g/mol. The van der Waals surface area contributed by atoms with Crippen LogP contribution in [0.1, 0.15) is 51.9 Å². The summed E-state index contributed by atoms with van der Waals surface area (Å²) in [5.41, 5.74) is 0. The molecule has 2 fully saturated rings. The fraction of sp³-hybridized carbons (Fsp3) is 1.00. The number of rotatable bonds is 6. The van der Waals surface area contributed by atoms with Crippen LogP contribution in [0.15, 0.2) is 0 Å². The molecule has 1 heterocycles. The highest BCUT2D eigenvalue weighted by Gasteiger charge is 2.28. The Morgan fingerprint density at radius 3 is 2.89 bits per heavy atom. The molecule has 0 aromatic heterocycles. The first-order valence-corrected chi connectivity index (χ1v) is 8.90. The second kappa shape index (κ2) is 7.61. The van der Waals surface area contributed by atoms with Gasteiger partial charge in [0.05, 0.1) is 11.9 Å². The molecule has 0 radical (unpaired) electrons. The van der Waals surface area contributed by atoms with Crippen molar-refractivity contribution in [2.45, 2.75) is 69.3 Å². The van der Waals surface area contributed by atoms with Crippen molar-refractivity contribution in [3.8, 4) is 0 Å². The van der Waals surface area contributed by atoms with E-state index in [-0.39, 0.29) is 6.10 Å². The van der Waals surface area contributed by atoms with Crippen LogP contribution < -0.4 is 5.32 Å². The quantitative estimate of drug-likeness (QED) is 0.806. The zero-order chi connectivity index (χ0) is 12.8. The molecule has 4 heteroatoms. The minimum atomic E-state index is -0.688. The molecule has 2 rings (SSSR count). The van der Waals surface area contributed by atoms with Crippen molar-refractivity contribution < 1.29 is 8.95 Å². The van der Waals surface area contributed by atoms with E-state index in [1.165, 1.54) is 19.3 Å². The van der Waals surface area contributed by atoms with Crippen LogP contribution in [0.2, 0.25) is 0 Å². The van der Waals surface area contributed by atoms with Gasteiger partial charge in [-0.05, 0) is 45.1 Å². The molecule has 0 spiro atoms. The van der Waals surface area contributed by atoms with Gasteiger partial charge >= 0.3 is 0 Å². The standard InChI is InChI=1S/C14H27NO2S/c1-2-8-15-12-5-3-7-14(10-12)18(16)11-13-6-4-9-17-13/h12-15H,2-11H2,1H3. The van der Waals surface area contributed by atoms with Gasteiger partial charge in [0, 0.05) is 28.7 Å². The molecule has 1 aliphatic carbocycles. The van der Waals surface area contributed by atoms with Gasteiger partial charge in [-0.15, -0.1) is 0 Å². The van der Waals surface area contributed by atoms with Crippen molar-refractivity contribution in [3.05, 3.63) is 0 Å². The molecule has 0 aromatic rings. The van der Waals surface area contributed by atoms with Gasteiger partial charge in [0.1, 0.15) is 0 Å². The lowest BCUT2D eigenvalue weighted by Gasteiger charge is -2.29. The van der Waals surface area contributed by atoms with Crippen LogP contribution in [0.25, 0.3) is 0 Å². The molecule has 0 aromatic carbocycles. The predicted molar refractivity (Wildman–Crippen MR) is 76.3 cm³/mol. The van der Waals surface area contributed by atoms with Crippen molar-refractivity contribution in [1.29, 1.82) is 0 Å². The van der Waals surface area contributed by atoms with Crippen LogP contribution in [0.4, 0.5) is 0 Å². The minimum absolute atomic E-state index is 0.273. The van der Waals surface area contributed by atoms with E-state index in [1.807, 2.05) is 0 Å². The van der Waals surface area contributed by atoms with Gasteiger partial charge in [-0.3, -0.25) is 4.21 Å². The first-order chi connectivity index (χ1) is 8.79. The molecule has 1 N–H and O–H groups in total. The summed E-state index contributed by atoms with van der Waals surface area (Å²) < 4.78 is 18.0. The first kappa shape index (κ1) is 14.5. The maximum atomic E-state index is 12.4. The van der Waals surface area contributed by atoms with Crippen LogP contribution in [0.5, 0.6) is 0 Å². The maximum absolute atomic E-state index is 12.4. The highest BCUT2D eigenvalue weighted by atomic mass is 32.2. The van der Waals surface area contributed by atoms with E-state index < -0.39 is 10.8 Å². The monoisotopic (exact) mass is 273 g/mol. The second-order valence-corrected chi connectivity index (χ2v) is 7.38. The lowest BCUT2D eigenvalue weighted by molar-refractivity contribution is 0.128. The van der Waals surface area contributed by atoms with E-state index in [4.69, 9.17) is 4.74 Å². The largest absolute Gasteiger partial charge is 0.377 e. The van der Waals surface area contributed by atoms with Gasteiger partial charge in [-0.25, -0.2) is 0 Å². The molecule has 4 atom stereocenters. The lowest BCUT2D eigenvalue weighted by Crippen LogP contribution is -2.39. The summed E-state index contributed by atoms with van der Waals surface area (Å²) >= 11 is 0. The topological polar surface area (TPSA) is 38.3 Å². The van der Waals surface area contributed by atoms with Gasteiger partial charge in [0.2, 0.25) is 0 Å². The lowest BCUT2D eigenvalue weighted by atomic mass is 9.95. The van der Waals surface area contributed by atoms with Gasteiger partial charge in [-0.1, -0.05) is 13.3 Å². The molecule has 4 unspecified atom stereocenters. The number of hydrogen-bond donors (Lipinski definition) is 1. The summed E-state index contributed by atoms with van der Waals surface area (Å²) in [5.74, 6) is 0.769. The van der Waals surface area contributed by atoms with E-state index in [0.717, 1.165) is 44.6 Å². The molecule has 106 valence electrons. The van der Waals surface area contributed by atoms with Crippen molar-refractivity contribution >= 4 is 10.8 Å². The maximum Gasteiger partial charge on any atom is 0.0691 e. The number of ether oxygens (including phenoxy) is 1. The Morgan fingerprint density at radius 1 is 1.28 bits per heavy atom. The Hall–Kier alpha value is 0.0700. The fourth-order valence-electron chi connectivity index (χ4n) is 3.01. The van der Waals surface area contributed by atoms with Crippen LogP contribution in [-0.2, 0) is 15.5 Å². The zero-order valence-corrected chi connectivity index (χ0v) is 12.3. The van der Waals surface area contributed by atoms with Crippen molar-refractivity contribution in [2.75, 3.05) is 18.9 Å². The Bertz CT molecular complexity index is 267. The molecule has 2 aliphatic rings. The Morgan fingerprint density at radius 2 is 2.17 bits per heavy atom. The molecule has 1 saturated heterocycles. The average Bonchev–Trinajstić information content (AvgIpc) is 2.89. The van der Waals surface area contributed by atoms with Crippen LogP contribution >= 0.6 is 0 Å². The van der Waals surface area contributed by atoms with Crippen molar-refractivity contribution in [2.24, 2.45) is 0 Å². The van der Waals surface area contributed by atoms with E-state index in [1.54, 1.807) is 0 Å². The van der Waals surface area contributed by atoms with E-state index in [9.17, 15) is 4.21 Å². The summed E-state index contributed by atoms with van der Waals surface area (Å²) in [5, 5.41) is 3.98. The predicted octanol–water partition coefficient (Wildman–Crippen LogP) is 2.22. The third-order valence-electron chi connectivity index (χ3n) is 4.06. The normalized spacial score (nSPS) is 34.6. The van der Waals surface area contributed by atoms with Crippen LogP contribution in [-0.4, -0.2) is 40.5 Å². The van der Waals surface area contributed by atoms with Gasteiger partial charge in [-0.2, -0.15) is 0 Å². The average molecular weight is 273 g/mol. The summed E-state index contributed by atoms with van der Waals surface area (Å²) in [6, 6.07) is 0.595. The highest BCUT2D eigenvalue weighted by molar-refractivity contribution is 7.85. The third-order valence-corrected chi connectivity index (χ3v) is 5.93. The smallest absolute Gasteiger partial charge is 0.0691 e. The molecule has 18 heavy (non-hydrogen) atoms. The molecule has 1 saturated carbocycles. The summed E-state index contributed by atoms with van der Waals surface area (Å²) in [7, 11) is -0.688. The van der Waals surface area contributed by atoms with Gasteiger partial charge in [0.25, 0.3) is 0 Å². The molecule has 1 aliphatic heterocycles. The summed E-state index contributed by atoms with van der Waals surface area (Å²) in [6.45, 7) is 4.16. The van der Waals surface area contributed by atoms with Crippen molar-refractivity contribution in [3.63, 3.8) is 0 Å². The molecule has 3 nitrogen and oxygen atoms in total. The first-order valence-electron chi connectivity index (χ1n) is 7.51. The number of hydrogen-bond acceptors (Lipinski definition) is 3. The fourth-order valence-corrected chi connectivity index (χ4v) is 4.79.